The number of benzene rings is 1. The molecule has 0 aliphatic heterocycles. The van der Waals surface area contributed by atoms with E-state index < -0.39 is 0 Å². The molecule has 0 aliphatic rings. The van der Waals surface area contributed by atoms with Crippen molar-refractivity contribution in [3.05, 3.63) is 47.4 Å². The second-order valence-electron chi connectivity index (χ2n) is 6.11. The summed E-state index contributed by atoms with van der Waals surface area (Å²) in [4.78, 5) is 9.21. The van der Waals surface area contributed by atoms with Gasteiger partial charge in [0.1, 0.15) is 11.6 Å². The Morgan fingerprint density at radius 2 is 2.04 bits per heavy atom. The van der Waals surface area contributed by atoms with Crippen molar-refractivity contribution in [1.82, 2.24) is 15.2 Å². The fourth-order valence-electron chi connectivity index (χ4n) is 2.87. The molecule has 0 fully saturated rings. The van der Waals surface area contributed by atoms with Gasteiger partial charge in [-0.05, 0) is 31.5 Å². The second kappa shape index (κ2) is 8.13. The summed E-state index contributed by atoms with van der Waals surface area (Å²) in [6, 6.07) is 8.05. The monoisotopic (exact) mass is 371 g/mol. The first-order valence-electron chi connectivity index (χ1n) is 8.49. The minimum atomic E-state index is -0.261. The van der Waals surface area contributed by atoms with Gasteiger partial charge in [0.15, 0.2) is 0 Å². The maximum atomic E-state index is 13.1. The van der Waals surface area contributed by atoms with Crippen LogP contribution in [0.1, 0.15) is 31.1 Å². The molecule has 0 spiro atoms. The summed E-state index contributed by atoms with van der Waals surface area (Å²) in [7, 11) is 3.17. The molecule has 3 aromatic rings. The van der Waals surface area contributed by atoms with Crippen LogP contribution >= 0.6 is 0 Å². The van der Waals surface area contributed by atoms with E-state index in [1.165, 1.54) is 12.1 Å². The maximum Gasteiger partial charge on any atom is 0.242 e. The number of rotatable bonds is 6. The van der Waals surface area contributed by atoms with Gasteiger partial charge in [0.05, 0.1) is 42.2 Å². The lowest BCUT2D eigenvalue weighted by atomic mass is 10.1. The molecule has 2 aromatic heterocycles. The number of hydrogen-bond acceptors (Lipinski definition) is 5. The maximum absolute atomic E-state index is 13.1. The molecule has 1 atom stereocenters. The van der Waals surface area contributed by atoms with E-state index in [2.05, 4.69) is 25.5 Å². The first-order chi connectivity index (χ1) is 13.0. The van der Waals surface area contributed by atoms with Crippen LogP contribution in [0.2, 0.25) is 0 Å². The topological polar surface area (TPSA) is 84.4 Å². The highest BCUT2D eigenvalue weighted by Crippen LogP contribution is 2.28. The zero-order valence-electron chi connectivity index (χ0n) is 15.7. The van der Waals surface area contributed by atoms with Gasteiger partial charge in [-0.3, -0.25) is 10.1 Å². The van der Waals surface area contributed by atoms with Crippen LogP contribution in [-0.2, 0) is 11.3 Å². The Labute approximate surface area is 156 Å². The molecule has 0 saturated carbocycles. The molecule has 0 radical (unpaired) electrons. The number of halogens is 1. The largest absolute Gasteiger partial charge is 0.479 e. The molecule has 142 valence electrons. The van der Waals surface area contributed by atoms with Gasteiger partial charge in [-0.15, -0.1) is 5.10 Å². The number of methoxy groups -OCH3 is 2. The summed E-state index contributed by atoms with van der Waals surface area (Å²) in [6.07, 6.45) is 0. The number of nitrogens with zero attached hydrogens (tertiary/aromatic N) is 3. The highest BCUT2D eigenvalue weighted by Gasteiger charge is 2.15. The van der Waals surface area contributed by atoms with Crippen molar-refractivity contribution < 1.29 is 13.9 Å². The molecule has 1 aromatic carbocycles. The SMILES string of the molecule is COCc1nc(NC(C)=NC(C)c2ccc(F)cc2)cc2[nH]nc(OC)c12. The fraction of sp³-hybridized carbons (Fsp3) is 0.316. The highest BCUT2D eigenvalue weighted by molar-refractivity contribution is 5.95. The number of fused-ring (bicyclic) bond motifs is 1. The third-order valence-corrected chi connectivity index (χ3v) is 4.11. The Morgan fingerprint density at radius 1 is 1.30 bits per heavy atom. The number of aliphatic imine (C=N–C) groups is 1. The third kappa shape index (κ3) is 4.22. The lowest BCUT2D eigenvalue weighted by Gasteiger charge is -2.12. The minimum absolute atomic E-state index is 0.118. The molecule has 3 rings (SSSR count). The Bertz CT molecular complexity index is 953. The summed E-state index contributed by atoms with van der Waals surface area (Å²) in [5.74, 6) is 1.52. The third-order valence-electron chi connectivity index (χ3n) is 4.11. The molecular weight excluding hydrogens is 349 g/mol. The highest BCUT2D eigenvalue weighted by atomic mass is 19.1. The number of amidine groups is 1. The number of nitrogens with one attached hydrogen (secondary N) is 2. The summed E-state index contributed by atoms with van der Waals surface area (Å²) in [5, 5.41) is 11.1. The number of aromatic nitrogens is 3. The number of hydrogen-bond donors (Lipinski definition) is 2. The van der Waals surface area contributed by atoms with Crippen molar-refractivity contribution in [1.29, 1.82) is 0 Å². The van der Waals surface area contributed by atoms with Gasteiger partial charge in [-0.25, -0.2) is 9.37 Å². The Balaban J connectivity index is 1.85. The molecule has 7 nitrogen and oxygen atoms in total. The van der Waals surface area contributed by atoms with Crippen LogP contribution in [0, 0.1) is 5.82 Å². The van der Waals surface area contributed by atoms with E-state index in [1.54, 1.807) is 26.4 Å². The van der Waals surface area contributed by atoms with Crippen molar-refractivity contribution in [3.63, 3.8) is 0 Å². The quantitative estimate of drug-likeness (QED) is 0.508. The number of anilines is 1. The predicted molar refractivity (Wildman–Crippen MR) is 103 cm³/mol. The first-order valence-corrected chi connectivity index (χ1v) is 8.49. The molecule has 27 heavy (non-hydrogen) atoms. The zero-order chi connectivity index (χ0) is 19.4. The van der Waals surface area contributed by atoms with E-state index in [0.29, 0.717) is 29.8 Å². The van der Waals surface area contributed by atoms with Crippen molar-refractivity contribution in [3.8, 4) is 5.88 Å². The molecule has 2 N–H and O–H groups in total. The number of pyridine rings is 1. The van der Waals surface area contributed by atoms with Gasteiger partial charge in [-0.1, -0.05) is 12.1 Å². The molecule has 1 unspecified atom stereocenters. The van der Waals surface area contributed by atoms with Crippen LogP contribution in [0.5, 0.6) is 5.88 Å². The van der Waals surface area contributed by atoms with E-state index in [-0.39, 0.29) is 11.9 Å². The van der Waals surface area contributed by atoms with Gasteiger partial charge >= 0.3 is 0 Å². The Hall–Kier alpha value is -3.00. The van der Waals surface area contributed by atoms with Crippen molar-refractivity contribution in [2.24, 2.45) is 4.99 Å². The average Bonchev–Trinajstić information content (AvgIpc) is 3.05. The van der Waals surface area contributed by atoms with Crippen LogP contribution in [0.25, 0.3) is 10.9 Å². The molecule has 0 bridgehead atoms. The van der Waals surface area contributed by atoms with E-state index in [4.69, 9.17) is 9.47 Å². The summed E-state index contributed by atoms with van der Waals surface area (Å²) >= 11 is 0. The van der Waals surface area contributed by atoms with E-state index >= 15 is 0 Å². The van der Waals surface area contributed by atoms with E-state index in [1.807, 2.05) is 19.9 Å². The summed E-state index contributed by atoms with van der Waals surface area (Å²) < 4.78 is 23.6. The van der Waals surface area contributed by atoms with Crippen LogP contribution < -0.4 is 10.1 Å². The molecule has 0 amide bonds. The molecular formula is C19H22FN5O2. The fourth-order valence-corrected chi connectivity index (χ4v) is 2.87. The van der Waals surface area contributed by atoms with Crippen molar-refractivity contribution in [2.45, 2.75) is 26.5 Å². The van der Waals surface area contributed by atoms with Crippen molar-refractivity contribution in [2.75, 3.05) is 19.5 Å². The van der Waals surface area contributed by atoms with Gasteiger partial charge in [0.2, 0.25) is 5.88 Å². The van der Waals surface area contributed by atoms with Gasteiger partial charge in [0, 0.05) is 13.2 Å². The molecule has 2 heterocycles. The van der Waals surface area contributed by atoms with Crippen molar-refractivity contribution >= 4 is 22.6 Å². The summed E-state index contributed by atoms with van der Waals surface area (Å²) in [6.45, 7) is 4.13. The normalized spacial score (nSPS) is 13.0. The predicted octanol–water partition coefficient (Wildman–Crippen LogP) is 3.84. The minimum Gasteiger partial charge on any atom is -0.479 e. The van der Waals surface area contributed by atoms with Crippen LogP contribution in [0.3, 0.4) is 0 Å². The molecule has 8 heteroatoms. The average molecular weight is 371 g/mol. The molecule has 0 saturated heterocycles. The van der Waals surface area contributed by atoms with E-state index in [9.17, 15) is 4.39 Å². The van der Waals surface area contributed by atoms with Gasteiger partial charge in [0.25, 0.3) is 0 Å². The standard InChI is InChI=1S/C19H22FN5O2/c1-11(13-5-7-14(20)8-6-13)21-12(2)22-17-9-15-18(16(23-17)10-26-3)19(27-4)25-24-15/h5-9,11H,10H2,1-4H3,(H,24,25)(H,21,22,23). The van der Waals surface area contributed by atoms with Crippen LogP contribution in [0.15, 0.2) is 35.3 Å². The van der Waals surface area contributed by atoms with Crippen LogP contribution in [0.4, 0.5) is 10.2 Å². The second-order valence-corrected chi connectivity index (χ2v) is 6.11. The molecule has 0 aliphatic carbocycles. The van der Waals surface area contributed by atoms with Crippen LogP contribution in [-0.4, -0.2) is 35.2 Å². The number of ether oxygens (including phenoxy) is 2. The van der Waals surface area contributed by atoms with Gasteiger partial charge < -0.3 is 14.8 Å². The smallest absolute Gasteiger partial charge is 0.242 e. The number of H-pyrrole nitrogens is 1. The van der Waals surface area contributed by atoms with Gasteiger partial charge in [-0.2, -0.15) is 0 Å². The van der Waals surface area contributed by atoms with E-state index in [0.717, 1.165) is 16.5 Å². The summed E-state index contributed by atoms with van der Waals surface area (Å²) in [5.41, 5.74) is 2.43. The lowest BCUT2D eigenvalue weighted by molar-refractivity contribution is 0.182. The number of aromatic amines is 1. The first kappa shape index (κ1) is 18.8. The Kier molecular flexibility index (Phi) is 5.66. The lowest BCUT2D eigenvalue weighted by Crippen LogP contribution is -2.11. The Morgan fingerprint density at radius 3 is 2.70 bits per heavy atom. The zero-order valence-corrected chi connectivity index (χ0v) is 15.7.